The van der Waals surface area contributed by atoms with E-state index in [2.05, 4.69) is 19.2 Å². The number of nitrogens with one attached hydrogen (secondary N) is 1. The van der Waals surface area contributed by atoms with Crippen LogP contribution in [0.1, 0.15) is 33.1 Å². The van der Waals surface area contributed by atoms with E-state index >= 15 is 0 Å². The van der Waals surface area contributed by atoms with Gasteiger partial charge in [-0.05, 0) is 45.6 Å². The summed E-state index contributed by atoms with van der Waals surface area (Å²) >= 11 is 0. The van der Waals surface area contributed by atoms with Crippen LogP contribution in [0.5, 0.6) is 0 Å². The fourth-order valence-electron chi connectivity index (χ4n) is 2.07. The van der Waals surface area contributed by atoms with E-state index in [0.29, 0.717) is 12.5 Å². The molecule has 0 bridgehead atoms. The Balaban J connectivity index is 2.12. The molecule has 1 saturated heterocycles. The van der Waals surface area contributed by atoms with Gasteiger partial charge in [0.25, 0.3) is 10.1 Å². The molecule has 1 aliphatic heterocycles. The summed E-state index contributed by atoms with van der Waals surface area (Å²) < 4.78 is 26.1. The highest BCUT2D eigenvalue weighted by atomic mass is 32.2. The van der Waals surface area contributed by atoms with Crippen LogP contribution in [0.25, 0.3) is 0 Å². The Bertz CT molecular complexity index is 298. The molecular formula is C10H21NO3S. The molecule has 5 heteroatoms. The minimum atomic E-state index is -3.26. The van der Waals surface area contributed by atoms with Crippen LogP contribution in [-0.2, 0) is 14.3 Å². The molecule has 1 atom stereocenters. The summed E-state index contributed by atoms with van der Waals surface area (Å²) in [4.78, 5) is 0. The molecule has 0 aromatic rings. The van der Waals surface area contributed by atoms with E-state index in [9.17, 15) is 8.42 Å². The smallest absolute Gasteiger partial charge is 0.264 e. The lowest BCUT2D eigenvalue weighted by atomic mass is 9.94. The molecular weight excluding hydrogens is 214 g/mol. The van der Waals surface area contributed by atoms with Crippen LogP contribution >= 0.6 is 0 Å². The summed E-state index contributed by atoms with van der Waals surface area (Å²) in [7, 11) is -3.26. The molecule has 0 saturated carbocycles. The molecule has 4 nitrogen and oxygen atoms in total. The van der Waals surface area contributed by atoms with Gasteiger partial charge in [0.15, 0.2) is 0 Å². The SMILES string of the molecule is CC1(C)CC(CCCOS(C)(=O)=O)CN1. The minimum Gasteiger partial charge on any atom is -0.312 e. The summed E-state index contributed by atoms with van der Waals surface area (Å²) in [6.07, 6.45) is 4.10. The third-order valence-corrected chi connectivity index (χ3v) is 3.32. The van der Waals surface area contributed by atoms with Gasteiger partial charge in [-0.25, -0.2) is 0 Å². The maximum atomic E-state index is 10.7. The van der Waals surface area contributed by atoms with E-state index in [0.717, 1.165) is 32.1 Å². The fraction of sp³-hybridized carbons (Fsp3) is 1.00. The molecule has 1 rings (SSSR count). The van der Waals surface area contributed by atoms with Crippen LogP contribution in [-0.4, -0.2) is 33.4 Å². The Morgan fingerprint density at radius 1 is 1.47 bits per heavy atom. The molecule has 1 N–H and O–H groups in total. The number of rotatable bonds is 5. The second-order valence-corrected chi connectivity index (χ2v) is 6.65. The molecule has 1 aliphatic rings. The van der Waals surface area contributed by atoms with Gasteiger partial charge in [0.1, 0.15) is 0 Å². The highest BCUT2D eigenvalue weighted by molar-refractivity contribution is 7.85. The van der Waals surface area contributed by atoms with Crippen molar-refractivity contribution in [3.05, 3.63) is 0 Å². The fourth-order valence-corrected chi connectivity index (χ4v) is 2.49. The number of hydrogen-bond donors (Lipinski definition) is 1. The topological polar surface area (TPSA) is 55.4 Å². The van der Waals surface area contributed by atoms with E-state index in [1.54, 1.807) is 0 Å². The van der Waals surface area contributed by atoms with Gasteiger partial charge in [-0.2, -0.15) is 8.42 Å². The molecule has 1 heterocycles. The van der Waals surface area contributed by atoms with Crippen molar-refractivity contribution in [2.45, 2.75) is 38.6 Å². The van der Waals surface area contributed by atoms with Crippen molar-refractivity contribution in [2.24, 2.45) is 5.92 Å². The van der Waals surface area contributed by atoms with Gasteiger partial charge in [-0.15, -0.1) is 0 Å². The molecule has 0 spiro atoms. The highest BCUT2D eigenvalue weighted by Crippen LogP contribution is 2.26. The second-order valence-electron chi connectivity index (χ2n) is 5.00. The normalized spacial score (nSPS) is 25.7. The molecule has 0 radical (unpaired) electrons. The van der Waals surface area contributed by atoms with Crippen molar-refractivity contribution in [1.29, 1.82) is 0 Å². The van der Waals surface area contributed by atoms with Gasteiger partial charge in [0.2, 0.25) is 0 Å². The van der Waals surface area contributed by atoms with E-state index in [1.807, 2.05) is 0 Å². The Kier molecular flexibility index (Phi) is 4.14. The summed E-state index contributed by atoms with van der Waals surface area (Å²) in [5.41, 5.74) is 0.238. The lowest BCUT2D eigenvalue weighted by Crippen LogP contribution is -2.31. The highest BCUT2D eigenvalue weighted by Gasteiger charge is 2.29. The molecule has 0 aliphatic carbocycles. The van der Waals surface area contributed by atoms with Crippen molar-refractivity contribution < 1.29 is 12.6 Å². The molecule has 1 fully saturated rings. The second kappa shape index (κ2) is 4.80. The van der Waals surface area contributed by atoms with Crippen LogP contribution in [0.15, 0.2) is 0 Å². The summed E-state index contributed by atoms with van der Waals surface area (Å²) in [6, 6.07) is 0. The zero-order chi connectivity index (χ0) is 11.5. The quantitative estimate of drug-likeness (QED) is 0.573. The summed E-state index contributed by atoms with van der Waals surface area (Å²) in [5.74, 6) is 0.656. The maximum absolute atomic E-state index is 10.7. The van der Waals surface area contributed by atoms with Crippen LogP contribution < -0.4 is 5.32 Å². The lowest BCUT2D eigenvalue weighted by molar-refractivity contribution is 0.298. The predicted molar refractivity (Wildman–Crippen MR) is 60.2 cm³/mol. The van der Waals surface area contributed by atoms with Gasteiger partial charge in [0.05, 0.1) is 12.9 Å². The first-order valence-corrected chi connectivity index (χ1v) is 7.20. The third kappa shape index (κ3) is 5.49. The van der Waals surface area contributed by atoms with Gasteiger partial charge in [0, 0.05) is 5.54 Å². The predicted octanol–water partition coefficient (Wildman–Crippen LogP) is 1.13. The average Bonchev–Trinajstić information content (AvgIpc) is 2.38. The largest absolute Gasteiger partial charge is 0.312 e. The van der Waals surface area contributed by atoms with E-state index < -0.39 is 10.1 Å². The Labute approximate surface area is 92.5 Å². The van der Waals surface area contributed by atoms with Gasteiger partial charge in [-0.3, -0.25) is 4.18 Å². The van der Waals surface area contributed by atoms with Crippen molar-refractivity contribution >= 4 is 10.1 Å². The molecule has 0 aromatic heterocycles. The molecule has 1 unspecified atom stereocenters. The van der Waals surface area contributed by atoms with Crippen LogP contribution in [0.3, 0.4) is 0 Å². The van der Waals surface area contributed by atoms with Gasteiger partial charge >= 0.3 is 0 Å². The first-order chi connectivity index (χ1) is 6.79. The average molecular weight is 235 g/mol. The maximum Gasteiger partial charge on any atom is 0.264 e. The zero-order valence-electron chi connectivity index (χ0n) is 9.75. The van der Waals surface area contributed by atoms with Crippen LogP contribution in [0, 0.1) is 5.92 Å². The zero-order valence-corrected chi connectivity index (χ0v) is 10.6. The third-order valence-electron chi connectivity index (χ3n) is 2.72. The summed E-state index contributed by atoms with van der Waals surface area (Å²) in [5, 5.41) is 3.44. The Morgan fingerprint density at radius 3 is 2.60 bits per heavy atom. The van der Waals surface area contributed by atoms with Crippen molar-refractivity contribution in [1.82, 2.24) is 5.32 Å². The standard InChI is InChI=1S/C10H21NO3S/c1-10(2)7-9(8-11-10)5-4-6-14-15(3,12)13/h9,11H,4-8H2,1-3H3. The molecule has 90 valence electrons. The molecule has 0 aromatic carbocycles. The Hall–Kier alpha value is -0.130. The van der Waals surface area contributed by atoms with Gasteiger partial charge in [-0.1, -0.05) is 0 Å². The molecule has 15 heavy (non-hydrogen) atoms. The van der Waals surface area contributed by atoms with Crippen molar-refractivity contribution in [3.63, 3.8) is 0 Å². The van der Waals surface area contributed by atoms with Crippen LogP contribution in [0.4, 0.5) is 0 Å². The van der Waals surface area contributed by atoms with Crippen molar-refractivity contribution in [3.8, 4) is 0 Å². The van der Waals surface area contributed by atoms with Gasteiger partial charge < -0.3 is 5.32 Å². The number of hydrogen-bond acceptors (Lipinski definition) is 4. The monoisotopic (exact) mass is 235 g/mol. The lowest BCUT2D eigenvalue weighted by Gasteiger charge is -2.17. The van der Waals surface area contributed by atoms with E-state index in [-0.39, 0.29) is 5.54 Å². The first-order valence-electron chi connectivity index (χ1n) is 5.38. The van der Waals surface area contributed by atoms with E-state index in [4.69, 9.17) is 4.18 Å². The first kappa shape index (κ1) is 12.9. The molecule has 0 amide bonds. The minimum absolute atomic E-state index is 0.238. The van der Waals surface area contributed by atoms with E-state index in [1.165, 1.54) is 0 Å². The Morgan fingerprint density at radius 2 is 2.13 bits per heavy atom. The van der Waals surface area contributed by atoms with Crippen LogP contribution in [0.2, 0.25) is 0 Å². The van der Waals surface area contributed by atoms with Crippen molar-refractivity contribution in [2.75, 3.05) is 19.4 Å². The summed E-state index contributed by atoms with van der Waals surface area (Å²) in [6.45, 7) is 5.74.